The van der Waals surface area contributed by atoms with Crippen LogP contribution in [0.5, 0.6) is 5.88 Å². The molecular formula is C9H11NO4. The maximum atomic E-state index is 10.7. The van der Waals surface area contributed by atoms with Gasteiger partial charge in [-0.25, -0.2) is 9.78 Å². The summed E-state index contributed by atoms with van der Waals surface area (Å²) in [6.45, 7) is 0. The zero-order chi connectivity index (χ0) is 10.6. The second-order valence-corrected chi connectivity index (χ2v) is 2.59. The van der Waals surface area contributed by atoms with Gasteiger partial charge in [-0.1, -0.05) is 0 Å². The van der Waals surface area contributed by atoms with Gasteiger partial charge < -0.3 is 14.6 Å². The van der Waals surface area contributed by atoms with Crippen LogP contribution < -0.4 is 4.74 Å². The molecule has 0 bridgehead atoms. The Morgan fingerprint density at radius 2 is 2.21 bits per heavy atom. The fourth-order valence-corrected chi connectivity index (χ4v) is 1.05. The van der Waals surface area contributed by atoms with E-state index in [0.717, 1.165) is 0 Å². The Labute approximate surface area is 81.3 Å². The van der Waals surface area contributed by atoms with Crippen molar-refractivity contribution in [2.45, 2.75) is 6.10 Å². The SMILES string of the molecule is COc1ccc(C(OC)C(=O)O)cn1. The number of ether oxygens (including phenoxy) is 2. The number of rotatable bonds is 4. The first-order chi connectivity index (χ1) is 6.69. The van der Waals surface area contributed by atoms with E-state index in [1.54, 1.807) is 12.1 Å². The van der Waals surface area contributed by atoms with Gasteiger partial charge in [-0.2, -0.15) is 0 Å². The van der Waals surface area contributed by atoms with Gasteiger partial charge in [0.15, 0.2) is 6.10 Å². The van der Waals surface area contributed by atoms with E-state index < -0.39 is 12.1 Å². The van der Waals surface area contributed by atoms with Gasteiger partial charge in [0, 0.05) is 24.9 Å². The molecular weight excluding hydrogens is 186 g/mol. The molecule has 1 heterocycles. The topological polar surface area (TPSA) is 68.7 Å². The first-order valence-corrected chi connectivity index (χ1v) is 3.94. The van der Waals surface area contributed by atoms with E-state index in [2.05, 4.69) is 4.98 Å². The van der Waals surface area contributed by atoms with Gasteiger partial charge >= 0.3 is 5.97 Å². The van der Waals surface area contributed by atoms with Crippen molar-refractivity contribution in [3.05, 3.63) is 23.9 Å². The third-order valence-corrected chi connectivity index (χ3v) is 1.73. The lowest BCUT2D eigenvalue weighted by Gasteiger charge is -2.10. The van der Waals surface area contributed by atoms with Gasteiger partial charge in [0.25, 0.3) is 0 Å². The number of hydrogen-bond acceptors (Lipinski definition) is 4. The highest BCUT2D eigenvalue weighted by Crippen LogP contribution is 2.17. The number of carboxylic acid groups (broad SMARTS) is 1. The number of carboxylic acids is 1. The summed E-state index contributed by atoms with van der Waals surface area (Å²) in [5.74, 6) is -0.603. The van der Waals surface area contributed by atoms with Crippen molar-refractivity contribution in [3.8, 4) is 5.88 Å². The van der Waals surface area contributed by atoms with Crippen LogP contribution in [0.1, 0.15) is 11.7 Å². The number of hydrogen-bond donors (Lipinski definition) is 1. The van der Waals surface area contributed by atoms with Crippen molar-refractivity contribution in [1.82, 2.24) is 4.98 Å². The van der Waals surface area contributed by atoms with E-state index in [1.807, 2.05) is 0 Å². The predicted octanol–water partition coefficient (Wildman–Crippen LogP) is 0.862. The molecule has 0 aliphatic carbocycles. The molecule has 1 rings (SSSR count). The van der Waals surface area contributed by atoms with Crippen LogP contribution in [-0.2, 0) is 9.53 Å². The van der Waals surface area contributed by atoms with Gasteiger partial charge in [0.1, 0.15) is 0 Å². The number of pyridine rings is 1. The molecule has 0 fully saturated rings. The van der Waals surface area contributed by atoms with Crippen LogP contribution in [0, 0.1) is 0 Å². The molecule has 1 aromatic rings. The maximum absolute atomic E-state index is 10.7. The summed E-state index contributed by atoms with van der Waals surface area (Å²) >= 11 is 0. The van der Waals surface area contributed by atoms with Crippen molar-refractivity contribution in [3.63, 3.8) is 0 Å². The Morgan fingerprint density at radius 1 is 1.50 bits per heavy atom. The van der Waals surface area contributed by atoms with Gasteiger partial charge in [0.2, 0.25) is 5.88 Å². The highest BCUT2D eigenvalue weighted by Gasteiger charge is 2.18. The standard InChI is InChI=1S/C9H11NO4/c1-13-7-4-3-6(5-10-7)8(14-2)9(11)12/h3-5,8H,1-2H3,(H,11,12). The smallest absolute Gasteiger partial charge is 0.337 e. The zero-order valence-corrected chi connectivity index (χ0v) is 7.93. The summed E-state index contributed by atoms with van der Waals surface area (Å²) in [5.41, 5.74) is 0.487. The fourth-order valence-electron chi connectivity index (χ4n) is 1.05. The first kappa shape index (κ1) is 10.5. The van der Waals surface area contributed by atoms with Crippen LogP contribution in [0.15, 0.2) is 18.3 Å². The Hall–Kier alpha value is -1.62. The average molecular weight is 197 g/mol. The molecule has 5 heteroatoms. The number of carbonyl (C=O) groups is 1. The van der Waals surface area contributed by atoms with Gasteiger partial charge in [-0.3, -0.25) is 0 Å². The molecule has 0 aromatic carbocycles. The predicted molar refractivity (Wildman–Crippen MR) is 48.2 cm³/mol. The third kappa shape index (κ3) is 2.20. The summed E-state index contributed by atoms with van der Waals surface area (Å²) in [6, 6.07) is 3.19. The molecule has 5 nitrogen and oxygen atoms in total. The second kappa shape index (κ2) is 4.57. The largest absolute Gasteiger partial charge is 0.481 e. The van der Waals surface area contributed by atoms with Crippen molar-refractivity contribution in [2.75, 3.05) is 14.2 Å². The molecule has 1 aromatic heterocycles. The van der Waals surface area contributed by atoms with Gasteiger partial charge in [0.05, 0.1) is 7.11 Å². The number of aliphatic carboxylic acids is 1. The minimum Gasteiger partial charge on any atom is -0.481 e. The number of methoxy groups -OCH3 is 2. The highest BCUT2D eigenvalue weighted by atomic mass is 16.5. The molecule has 1 unspecified atom stereocenters. The zero-order valence-electron chi connectivity index (χ0n) is 7.93. The molecule has 0 spiro atoms. The minimum absolute atomic E-state index is 0.439. The normalized spacial score (nSPS) is 12.1. The third-order valence-electron chi connectivity index (χ3n) is 1.73. The van der Waals surface area contributed by atoms with Crippen molar-refractivity contribution < 1.29 is 19.4 Å². The first-order valence-electron chi connectivity index (χ1n) is 3.94. The van der Waals surface area contributed by atoms with Crippen LogP contribution in [0.25, 0.3) is 0 Å². The van der Waals surface area contributed by atoms with E-state index in [0.29, 0.717) is 11.4 Å². The summed E-state index contributed by atoms with van der Waals surface area (Å²) in [4.78, 5) is 14.6. The minimum atomic E-state index is -1.04. The lowest BCUT2D eigenvalue weighted by atomic mass is 10.1. The molecule has 0 aliphatic rings. The molecule has 0 saturated carbocycles. The van der Waals surface area contributed by atoms with Gasteiger partial charge in [-0.05, 0) is 6.07 Å². The summed E-state index contributed by atoms with van der Waals surface area (Å²) < 4.78 is 9.63. The number of nitrogens with zero attached hydrogens (tertiary/aromatic N) is 1. The second-order valence-electron chi connectivity index (χ2n) is 2.59. The average Bonchev–Trinajstić information content (AvgIpc) is 2.19. The molecule has 1 N–H and O–H groups in total. The Morgan fingerprint density at radius 3 is 2.57 bits per heavy atom. The molecule has 0 aliphatic heterocycles. The Kier molecular flexibility index (Phi) is 3.41. The van der Waals surface area contributed by atoms with E-state index in [-0.39, 0.29) is 0 Å². The molecule has 0 saturated heterocycles. The lowest BCUT2D eigenvalue weighted by Crippen LogP contribution is -2.13. The highest BCUT2D eigenvalue weighted by molar-refractivity contribution is 5.74. The molecule has 0 radical (unpaired) electrons. The molecule has 76 valence electrons. The molecule has 14 heavy (non-hydrogen) atoms. The summed E-state index contributed by atoms with van der Waals surface area (Å²) in [5, 5.41) is 8.77. The van der Waals surface area contributed by atoms with Crippen LogP contribution >= 0.6 is 0 Å². The molecule has 1 atom stereocenters. The van der Waals surface area contributed by atoms with Crippen LogP contribution in [-0.4, -0.2) is 30.3 Å². The van der Waals surface area contributed by atoms with E-state index in [4.69, 9.17) is 14.6 Å². The lowest BCUT2D eigenvalue weighted by molar-refractivity contribution is -0.148. The molecule has 0 amide bonds. The quantitative estimate of drug-likeness (QED) is 0.775. The van der Waals surface area contributed by atoms with Crippen molar-refractivity contribution >= 4 is 5.97 Å². The number of aromatic nitrogens is 1. The Balaban J connectivity index is 2.89. The van der Waals surface area contributed by atoms with E-state index in [1.165, 1.54) is 20.4 Å². The Bertz CT molecular complexity index is 309. The van der Waals surface area contributed by atoms with Crippen molar-refractivity contribution in [1.29, 1.82) is 0 Å². The summed E-state index contributed by atoms with van der Waals surface area (Å²) in [7, 11) is 2.83. The van der Waals surface area contributed by atoms with Crippen LogP contribution in [0.2, 0.25) is 0 Å². The summed E-state index contributed by atoms with van der Waals surface area (Å²) in [6.07, 6.45) is 0.439. The fraction of sp³-hybridized carbons (Fsp3) is 0.333. The maximum Gasteiger partial charge on any atom is 0.337 e. The van der Waals surface area contributed by atoms with E-state index in [9.17, 15) is 4.79 Å². The van der Waals surface area contributed by atoms with Crippen molar-refractivity contribution in [2.24, 2.45) is 0 Å². The van der Waals surface area contributed by atoms with Crippen LogP contribution in [0.3, 0.4) is 0 Å². The van der Waals surface area contributed by atoms with Gasteiger partial charge in [-0.15, -0.1) is 0 Å². The monoisotopic (exact) mass is 197 g/mol. The van der Waals surface area contributed by atoms with Crippen LogP contribution in [0.4, 0.5) is 0 Å². The van der Waals surface area contributed by atoms with E-state index >= 15 is 0 Å².